The van der Waals surface area contributed by atoms with Gasteiger partial charge < -0.3 is 0 Å². The van der Waals surface area contributed by atoms with Crippen molar-refractivity contribution in [1.82, 2.24) is 0 Å². The molecule has 0 saturated heterocycles. The molecule has 0 aliphatic rings. The van der Waals surface area contributed by atoms with Crippen LogP contribution in [0.15, 0.2) is 24.3 Å². The van der Waals surface area contributed by atoms with E-state index in [2.05, 4.69) is 6.58 Å². The number of allylic oxidation sites excluding steroid dienone is 3. The van der Waals surface area contributed by atoms with E-state index < -0.39 is 0 Å². The molecule has 0 atom stereocenters. The van der Waals surface area contributed by atoms with Crippen LogP contribution >= 0.6 is 0 Å². The Bertz CT molecular complexity index is 68.1. The third-order valence-electron chi connectivity index (χ3n) is 0.451. The molecule has 0 N–H and O–H groups in total. The molecule has 0 aromatic heterocycles. The molecular weight excluding hydrogens is 72.1 g/mol. The first-order valence-electron chi connectivity index (χ1n) is 2.05. The Morgan fingerprint density at radius 2 is 2.17 bits per heavy atom. The Labute approximate surface area is 39.2 Å². The first kappa shape index (κ1) is 5.48. The van der Waals surface area contributed by atoms with Crippen LogP contribution in [0.25, 0.3) is 0 Å². The fraction of sp³-hybridized carbons (Fsp3) is 0.333. The summed E-state index contributed by atoms with van der Waals surface area (Å²) in [4.78, 5) is 0. The van der Waals surface area contributed by atoms with Gasteiger partial charge in [0.25, 0.3) is 0 Å². The Kier molecular flexibility index (Phi) is 2.47. The van der Waals surface area contributed by atoms with E-state index in [-0.39, 0.29) is 0 Å². The van der Waals surface area contributed by atoms with Gasteiger partial charge in [0, 0.05) is 0 Å². The Balaban J connectivity index is 3.30. The van der Waals surface area contributed by atoms with Crippen molar-refractivity contribution in [3.05, 3.63) is 24.3 Å². The van der Waals surface area contributed by atoms with Crippen LogP contribution in [0.1, 0.15) is 13.8 Å². The van der Waals surface area contributed by atoms with Gasteiger partial charge in [-0.1, -0.05) is 24.3 Å². The quantitative estimate of drug-likeness (QED) is 0.425. The predicted octanol–water partition coefficient (Wildman–Crippen LogP) is 2.14. The van der Waals surface area contributed by atoms with Crippen LogP contribution in [-0.2, 0) is 0 Å². The van der Waals surface area contributed by atoms with E-state index in [1.807, 2.05) is 26.0 Å². The highest BCUT2D eigenvalue weighted by molar-refractivity contribution is 5.09. The third-order valence-corrected chi connectivity index (χ3v) is 0.451. The second-order valence-corrected chi connectivity index (χ2v) is 1.35. The minimum Gasteiger partial charge on any atom is -0.0961 e. The van der Waals surface area contributed by atoms with Gasteiger partial charge in [0.1, 0.15) is 0 Å². The van der Waals surface area contributed by atoms with Crippen molar-refractivity contribution in [2.45, 2.75) is 13.8 Å². The van der Waals surface area contributed by atoms with Gasteiger partial charge in [-0.3, -0.25) is 0 Å². The van der Waals surface area contributed by atoms with E-state index in [9.17, 15) is 0 Å². The molecule has 0 amide bonds. The van der Waals surface area contributed by atoms with Gasteiger partial charge in [-0.2, -0.15) is 0 Å². The summed E-state index contributed by atoms with van der Waals surface area (Å²) in [5.74, 6) is 0. The lowest BCUT2D eigenvalue weighted by molar-refractivity contribution is 1.54. The van der Waals surface area contributed by atoms with Gasteiger partial charge in [0.05, 0.1) is 0 Å². The zero-order valence-corrected chi connectivity index (χ0v) is 4.36. The molecule has 0 saturated carbocycles. The van der Waals surface area contributed by atoms with Gasteiger partial charge in [-0.25, -0.2) is 0 Å². The molecule has 0 aliphatic heterocycles. The molecule has 0 heterocycles. The van der Waals surface area contributed by atoms with Crippen molar-refractivity contribution >= 4 is 0 Å². The number of hydrogen-bond donors (Lipinski definition) is 0. The Morgan fingerprint density at radius 1 is 1.67 bits per heavy atom. The van der Waals surface area contributed by atoms with E-state index in [0.717, 1.165) is 5.57 Å². The maximum Gasteiger partial charge on any atom is -0.0404 e. The van der Waals surface area contributed by atoms with Gasteiger partial charge >= 0.3 is 0 Å². The zero-order chi connectivity index (χ0) is 4.99. The minimum atomic E-state index is 1.11. The molecule has 0 rings (SSSR count). The van der Waals surface area contributed by atoms with Crippen LogP contribution in [-0.4, -0.2) is 0 Å². The summed E-state index contributed by atoms with van der Waals surface area (Å²) < 4.78 is 0. The highest BCUT2D eigenvalue weighted by atomic mass is 13.7. The molecular formula is C6H10. The van der Waals surface area contributed by atoms with Crippen molar-refractivity contribution in [3.63, 3.8) is 0 Å². The molecule has 0 aromatic carbocycles. The lowest BCUT2D eigenvalue weighted by Crippen LogP contribution is -1.54. The molecule has 0 fully saturated rings. The molecule has 0 aliphatic carbocycles. The van der Waals surface area contributed by atoms with Crippen molar-refractivity contribution in [3.8, 4) is 0 Å². The molecule has 0 radical (unpaired) electrons. The zero-order valence-electron chi connectivity index (χ0n) is 4.36. The SMILES string of the molecule is C=C(C)/C=C\C. The summed E-state index contributed by atoms with van der Waals surface area (Å²) >= 11 is 0. The lowest BCUT2D eigenvalue weighted by atomic mass is 10.3. The summed E-state index contributed by atoms with van der Waals surface area (Å²) in [6, 6.07) is 0. The van der Waals surface area contributed by atoms with Gasteiger partial charge in [-0.05, 0) is 13.8 Å². The fourth-order valence-corrected chi connectivity index (χ4v) is 0.285. The van der Waals surface area contributed by atoms with Crippen LogP contribution in [0.2, 0.25) is 0 Å². The normalized spacial score (nSPS) is 9.67. The first-order valence-corrected chi connectivity index (χ1v) is 2.05. The first-order chi connectivity index (χ1) is 2.77. The van der Waals surface area contributed by atoms with E-state index in [1.165, 1.54) is 0 Å². The van der Waals surface area contributed by atoms with Crippen LogP contribution in [0, 0.1) is 0 Å². The minimum absolute atomic E-state index is 1.11. The van der Waals surface area contributed by atoms with E-state index >= 15 is 0 Å². The highest BCUT2D eigenvalue weighted by Gasteiger charge is 1.63. The smallest absolute Gasteiger partial charge is 0.0404 e. The van der Waals surface area contributed by atoms with Gasteiger partial charge in [0.15, 0.2) is 0 Å². The molecule has 0 nitrogen and oxygen atoms in total. The van der Waals surface area contributed by atoms with Crippen LogP contribution in [0.4, 0.5) is 0 Å². The standard InChI is InChI=1S/C6H10/c1-4-5-6(2)3/h4-5H,2H2,1,3H3/b5-4-. The van der Waals surface area contributed by atoms with E-state index in [4.69, 9.17) is 0 Å². The Hall–Kier alpha value is -0.520. The molecule has 6 heavy (non-hydrogen) atoms. The van der Waals surface area contributed by atoms with Crippen molar-refractivity contribution in [2.24, 2.45) is 0 Å². The van der Waals surface area contributed by atoms with E-state index in [1.54, 1.807) is 0 Å². The molecule has 0 heteroatoms. The summed E-state index contributed by atoms with van der Waals surface area (Å²) in [6.45, 7) is 7.61. The van der Waals surface area contributed by atoms with Crippen molar-refractivity contribution in [2.75, 3.05) is 0 Å². The average molecular weight is 82.1 g/mol. The molecule has 0 aromatic rings. The number of rotatable bonds is 1. The van der Waals surface area contributed by atoms with Gasteiger partial charge in [0.2, 0.25) is 0 Å². The predicted molar refractivity (Wildman–Crippen MR) is 29.6 cm³/mol. The highest BCUT2D eigenvalue weighted by Crippen LogP contribution is 1.85. The maximum atomic E-state index is 3.66. The monoisotopic (exact) mass is 82.1 g/mol. The van der Waals surface area contributed by atoms with E-state index in [0.29, 0.717) is 0 Å². The number of hydrogen-bond acceptors (Lipinski definition) is 0. The summed E-state index contributed by atoms with van der Waals surface area (Å²) in [5.41, 5.74) is 1.11. The second kappa shape index (κ2) is 2.70. The lowest BCUT2D eigenvalue weighted by Gasteiger charge is -1.75. The maximum absolute atomic E-state index is 3.66. The summed E-state index contributed by atoms with van der Waals surface area (Å²) in [7, 11) is 0. The van der Waals surface area contributed by atoms with Crippen molar-refractivity contribution in [1.29, 1.82) is 0 Å². The molecule has 0 bridgehead atoms. The largest absolute Gasteiger partial charge is 0.0961 e. The second-order valence-electron chi connectivity index (χ2n) is 1.35. The Morgan fingerprint density at radius 3 is 2.17 bits per heavy atom. The van der Waals surface area contributed by atoms with Gasteiger partial charge in [-0.15, -0.1) is 0 Å². The van der Waals surface area contributed by atoms with Crippen LogP contribution in [0.3, 0.4) is 0 Å². The van der Waals surface area contributed by atoms with Crippen LogP contribution in [0.5, 0.6) is 0 Å². The summed E-state index contributed by atoms with van der Waals surface area (Å²) in [6.07, 6.45) is 3.95. The topological polar surface area (TPSA) is 0 Å². The summed E-state index contributed by atoms with van der Waals surface area (Å²) in [5, 5.41) is 0. The fourth-order valence-electron chi connectivity index (χ4n) is 0.285. The molecule has 34 valence electrons. The molecule has 0 spiro atoms. The average Bonchev–Trinajstić information content (AvgIpc) is 1.35. The third kappa shape index (κ3) is 3.48. The van der Waals surface area contributed by atoms with Crippen molar-refractivity contribution < 1.29 is 0 Å². The van der Waals surface area contributed by atoms with Crippen LogP contribution < -0.4 is 0 Å². The molecule has 0 unspecified atom stereocenters.